The lowest BCUT2D eigenvalue weighted by Crippen LogP contribution is -2.09. The van der Waals surface area contributed by atoms with Crippen LogP contribution >= 0.6 is 0 Å². The van der Waals surface area contributed by atoms with E-state index in [0.717, 1.165) is 12.1 Å². The molecule has 0 fully saturated rings. The maximum absolute atomic E-state index is 11.3. The van der Waals surface area contributed by atoms with Gasteiger partial charge in [-0.05, 0) is 13.3 Å². The Balaban J connectivity index is 0.000000921. The van der Waals surface area contributed by atoms with Crippen LogP contribution in [0.15, 0.2) is 6.33 Å². The average Bonchev–Trinajstić information content (AvgIpc) is 2.63. The zero-order chi connectivity index (χ0) is 11.8. The van der Waals surface area contributed by atoms with E-state index in [9.17, 15) is 4.79 Å². The molecule has 1 aromatic rings. The van der Waals surface area contributed by atoms with Crippen LogP contribution in [0.3, 0.4) is 0 Å². The van der Waals surface area contributed by atoms with Crippen LogP contribution in [0.25, 0.3) is 0 Å². The highest BCUT2D eigenvalue weighted by Crippen LogP contribution is 2.08. The Morgan fingerprint density at radius 1 is 1.47 bits per heavy atom. The van der Waals surface area contributed by atoms with Gasteiger partial charge in [-0.25, -0.2) is 9.78 Å². The summed E-state index contributed by atoms with van der Waals surface area (Å²) in [6.45, 7) is 8.16. The van der Waals surface area contributed by atoms with Gasteiger partial charge in [-0.3, -0.25) is 0 Å². The van der Waals surface area contributed by atoms with E-state index in [1.165, 1.54) is 0 Å². The molecule has 0 unspecified atom stereocenters. The highest BCUT2D eigenvalue weighted by Gasteiger charge is 2.15. The zero-order valence-corrected chi connectivity index (χ0v) is 10.2. The van der Waals surface area contributed by atoms with Crippen LogP contribution in [0.4, 0.5) is 0 Å². The van der Waals surface area contributed by atoms with Crippen molar-refractivity contribution in [2.75, 3.05) is 6.61 Å². The molecule has 0 radical (unpaired) electrons. The van der Waals surface area contributed by atoms with Gasteiger partial charge in [0.1, 0.15) is 0 Å². The van der Waals surface area contributed by atoms with Gasteiger partial charge in [0.05, 0.1) is 18.6 Å². The molecule has 0 aliphatic carbocycles. The Kier molecular flexibility index (Phi) is 6.42. The molecule has 1 rings (SSSR count). The predicted octanol–water partition coefficient (Wildman–Crippen LogP) is 2.19. The van der Waals surface area contributed by atoms with Gasteiger partial charge in [0.25, 0.3) is 0 Å². The summed E-state index contributed by atoms with van der Waals surface area (Å²) < 4.78 is 6.71. The summed E-state index contributed by atoms with van der Waals surface area (Å²) in [6.07, 6.45) is 2.41. The molecule has 15 heavy (non-hydrogen) atoms. The van der Waals surface area contributed by atoms with Crippen LogP contribution in [0.5, 0.6) is 0 Å². The van der Waals surface area contributed by atoms with Gasteiger partial charge in [0, 0.05) is 7.05 Å². The molecular weight excluding hydrogens is 192 g/mol. The summed E-state index contributed by atoms with van der Waals surface area (Å²) in [7, 11) is 1.87. The number of hydrogen-bond acceptors (Lipinski definition) is 3. The third-order valence-corrected chi connectivity index (χ3v) is 1.86. The number of imidazole rings is 1. The van der Waals surface area contributed by atoms with Crippen molar-refractivity contribution in [1.29, 1.82) is 0 Å². The SMILES string of the molecule is CC.CCOC(=O)c1ncn(C)c1CC. The summed E-state index contributed by atoms with van der Waals surface area (Å²) in [6, 6.07) is 0. The number of hydrogen-bond donors (Lipinski definition) is 0. The first-order chi connectivity index (χ1) is 7.20. The smallest absolute Gasteiger partial charge is 0.358 e. The summed E-state index contributed by atoms with van der Waals surface area (Å²) >= 11 is 0. The topological polar surface area (TPSA) is 44.1 Å². The molecule has 0 aliphatic rings. The maximum Gasteiger partial charge on any atom is 0.358 e. The fourth-order valence-corrected chi connectivity index (χ4v) is 1.24. The highest BCUT2D eigenvalue weighted by molar-refractivity contribution is 5.88. The van der Waals surface area contributed by atoms with Gasteiger partial charge in [-0.1, -0.05) is 20.8 Å². The molecule has 0 bridgehead atoms. The monoisotopic (exact) mass is 212 g/mol. The van der Waals surface area contributed by atoms with Crippen molar-refractivity contribution in [1.82, 2.24) is 9.55 Å². The first-order valence-electron chi connectivity index (χ1n) is 5.38. The molecule has 4 heteroatoms. The van der Waals surface area contributed by atoms with Crippen molar-refractivity contribution in [3.63, 3.8) is 0 Å². The Morgan fingerprint density at radius 2 is 2.07 bits per heavy atom. The summed E-state index contributed by atoms with van der Waals surface area (Å²) in [5.41, 5.74) is 1.35. The van der Waals surface area contributed by atoms with E-state index in [1.54, 1.807) is 13.3 Å². The Morgan fingerprint density at radius 3 is 2.53 bits per heavy atom. The fourth-order valence-electron chi connectivity index (χ4n) is 1.24. The summed E-state index contributed by atoms with van der Waals surface area (Å²) in [5.74, 6) is -0.333. The molecule has 0 N–H and O–H groups in total. The second-order valence-corrected chi connectivity index (χ2v) is 2.72. The molecule has 0 saturated carbocycles. The van der Waals surface area contributed by atoms with E-state index in [0.29, 0.717) is 12.3 Å². The molecule has 0 spiro atoms. The Bertz CT molecular complexity index is 306. The number of aromatic nitrogens is 2. The molecule has 86 valence electrons. The van der Waals surface area contributed by atoms with Crippen LogP contribution in [0, 0.1) is 0 Å². The van der Waals surface area contributed by atoms with E-state index in [2.05, 4.69) is 4.98 Å². The molecule has 4 nitrogen and oxygen atoms in total. The fraction of sp³-hybridized carbons (Fsp3) is 0.636. The number of aryl methyl sites for hydroxylation is 1. The molecule has 1 aromatic heterocycles. The van der Waals surface area contributed by atoms with Crippen LogP contribution in [0.1, 0.15) is 43.9 Å². The minimum absolute atomic E-state index is 0.333. The molecule has 0 saturated heterocycles. The number of rotatable bonds is 3. The van der Waals surface area contributed by atoms with Crippen molar-refractivity contribution in [2.45, 2.75) is 34.1 Å². The van der Waals surface area contributed by atoms with E-state index in [1.807, 2.05) is 32.4 Å². The Hall–Kier alpha value is -1.32. The molecule has 0 aromatic carbocycles. The van der Waals surface area contributed by atoms with Crippen molar-refractivity contribution in [3.8, 4) is 0 Å². The molecule has 0 aliphatic heterocycles. The summed E-state index contributed by atoms with van der Waals surface area (Å²) in [5, 5.41) is 0. The van der Waals surface area contributed by atoms with Crippen LogP contribution in [0.2, 0.25) is 0 Å². The molecule has 0 atom stereocenters. The predicted molar refractivity (Wildman–Crippen MR) is 59.9 cm³/mol. The van der Waals surface area contributed by atoms with Gasteiger partial charge in [0.2, 0.25) is 0 Å². The lowest BCUT2D eigenvalue weighted by Gasteiger charge is -2.02. The van der Waals surface area contributed by atoms with Crippen LogP contribution < -0.4 is 0 Å². The van der Waals surface area contributed by atoms with Gasteiger partial charge in [0.15, 0.2) is 5.69 Å². The highest BCUT2D eigenvalue weighted by atomic mass is 16.5. The quantitative estimate of drug-likeness (QED) is 0.721. The summed E-state index contributed by atoms with van der Waals surface area (Å²) in [4.78, 5) is 15.3. The first kappa shape index (κ1) is 13.7. The standard InChI is InChI=1S/C9H14N2O2.C2H6/c1-4-7-8(9(12)13-5-2)10-6-11(7)3;1-2/h6H,4-5H2,1-3H3;1-2H3. The van der Waals surface area contributed by atoms with Gasteiger partial charge in [-0.2, -0.15) is 0 Å². The largest absolute Gasteiger partial charge is 0.461 e. The third-order valence-electron chi connectivity index (χ3n) is 1.86. The van der Waals surface area contributed by atoms with Crippen molar-refractivity contribution in [3.05, 3.63) is 17.7 Å². The van der Waals surface area contributed by atoms with Gasteiger partial charge in [-0.15, -0.1) is 0 Å². The molecule has 0 amide bonds. The zero-order valence-electron chi connectivity index (χ0n) is 10.2. The van der Waals surface area contributed by atoms with Crippen LogP contribution in [-0.2, 0) is 18.2 Å². The van der Waals surface area contributed by atoms with Crippen LogP contribution in [-0.4, -0.2) is 22.1 Å². The van der Waals surface area contributed by atoms with Crippen molar-refractivity contribution < 1.29 is 9.53 Å². The molecular formula is C11H20N2O2. The number of carbonyl (C=O) groups is 1. The minimum atomic E-state index is -0.333. The van der Waals surface area contributed by atoms with E-state index < -0.39 is 0 Å². The number of esters is 1. The Labute approximate surface area is 91.3 Å². The number of ether oxygens (including phenoxy) is 1. The molecule has 1 heterocycles. The van der Waals surface area contributed by atoms with E-state index in [-0.39, 0.29) is 5.97 Å². The third kappa shape index (κ3) is 3.38. The van der Waals surface area contributed by atoms with Gasteiger partial charge < -0.3 is 9.30 Å². The van der Waals surface area contributed by atoms with Crippen molar-refractivity contribution >= 4 is 5.97 Å². The average molecular weight is 212 g/mol. The minimum Gasteiger partial charge on any atom is -0.461 e. The second-order valence-electron chi connectivity index (χ2n) is 2.72. The lowest BCUT2D eigenvalue weighted by atomic mass is 10.2. The second kappa shape index (κ2) is 7.04. The maximum atomic E-state index is 11.3. The lowest BCUT2D eigenvalue weighted by molar-refractivity contribution is 0.0518. The van der Waals surface area contributed by atoms with Gasteiger partial charge >= 0.3 is 5.97 Å². The normalized spacial score (nSPS) is 9.13. The number of nitrogens with zero attached hydrogens (tertiary/aromatic N) is 2. The van der Waals surface area contributed by atoms with Crippen molar-refractivity contribution in [2.24, 2.45) is 7.05 Å². The van der Waals surface area contributed by atoms with E-state index in [4.69, 9.17) is 4.74 Å². The number of carbonyl (C=O) groups excluding carboxylic acids is 1. The first-order valence-corrected chi connectivity index (χ1v) is 5.38. The van der Waals surface area contributed by atoms with E-state index >= 15 is 0 Å².